The summed E-state index contributed by atoms with van der Waals surface area (Å²) in [5.41, 5.74) is -0.228. The lowest BCUT2D eigenvalue weighted by Gasteiger charge is -2.24. The molecular weight excluding hydrogens is 271 g/mol. The summed E-state index contributed by atoms with van der Waals surface area (Å²) in [6, 6.07) is 2.67. The van der Waals surface area contributed by atoms with Gasteiger partial charge in [-0.15, -0.1) is 0 Å². The molecule has 0 saturated heterocycles. The van der Waals surface area contributed by atoms with Gasteiger partial charge in [-0.2, -0.15) is 13.2 Å². The molecule has 1 amide bonds. The third kappa shape index (κ3) is 1.67. The van der Waals surface area contributed by atoms with Crippen LogP contribution in [0, 0.1) is 0 Å². The molecule has 1 aliphatic rings. The third-order valence-corrected chi connectivity index (χ3v) is 4.59. The van der Waals surface area contributed by atoms with Gasteiger partial charge in [0.1, 0.15) is 10.9 Å². The quantitative estimate of drug-likeness (QED) is 0.787. The lowest BCUT2D eigenvalue weighted by atomic mass is 10.2. The molecule has 1 aliphatic heterocycles. The molecule has 0 aliphatic carbocycles. The summed E-state index contributed by atoms with van der Waals surface area (Å²) >= 11 is 0. The van der Waals surface area contributed by atoms with Crippen LogP contribution in [0.1, 0.15) is 17.3 Å². The summed E-state index contributed by atoms with van der Waals surface area (Å²) in [4.78, 5) is 11.4. The Bertz CT molecular complexity index is 609. The van der Waals surface area contributed by atoms with Crippen molar-refractivity contribution < 1.29 is 26.4 Å². The van der Waals surface area contributed by atoms with E-state index >= 15 is 0 Å². The van der Waals surface area contributed by atoms with Crippen LogP contribution < -0.4 is 0 Å². The highest BCUT2D eigenvalue weighted by atomic mass is 32.2. The molecule has 0 saturated carbocycles. The normalized spacial score (nSPS) is 19.8. The van der Waals surface area contributed by atoms with Gasteiger partial charge in [0, 0.05) is 0 Å². The Morgan fingerprint density at radius 3 is 2.28 bits per heavy atom. The van der Waals surface area contributed by atoms with E-state index in [1.54, 1.807) is 0 Å². The van der Waals surface area contributed by atoms with E-state index in [4.69, 9.17) is 0 Å². The fraction of sp³-hybridized carbons (Fsp3) is 0.300. The lowest BCUT2D eigenvalue weighted by molar-refractivity contribution is -0.161. The smallest absolute Gasteiger partial charge is 0.268 e. The zero-order valence-electron chi connectivity index (χ0n) is 9.10. The second-order valence-electron chi connectivity index (χ2n) is 3.82. The van der Waals surface area contributed by atoms with Crippen LogP contribution in [0.25, 0.3) is 0 Å². The van der Waals surface area contributed by atoms with Gasteiger partial charge in [0.2, 0.25) is 0 Å². The van der Waals surface area contributed by atoms with Crippen LogP contribution in [0.2, 0.25) is 0 Å². The highest BCUT2D eigenvalue weighted by Gasteiger charge is 2.52. The summed E-state index contributed by atoms with van der Waals surface area (Å²) in [5, 5.41) is 0. The van der Waals surface area contributed by atoms with Gasteiger partial charge in [0.25, 0.3) is 15.9 Å². The van der Waals surface area contributed by atoms with Gasteiger partial charge >= 0.3 is 6.18 Å². The number of sulfonamides is 1. The molecule has 1 atom stereocenters. The molecular formula is C10H8F3NO3S. The third-order valence-electron chi connectivity index (χ3n) is 2.68. The first-order valence-electron chi connectivity index (χ1n) is 4.92. The van der Waals surface area contributed by atoms with E-state index in [0.717, 1.165) is 6.07 Å². The molecule has 98 valence electrons. The molecule has 8 heteroatoms. The average Bonchev–Trinajstić information content (AvgIpc) is 2.46. The maximum Gasteiger partial charge on any atom is 0.409 e. The number of rotatable bonds is 1. The zero-order valence-corrected chi connectivity index (χ0v) is 9.92. The van der Waals surface area contributed by atoms with Crippen LogP contribution in [0.15, 0.2) is 29.2 Å². The summed E-state index contributed by atoms with van der Waals surface area (Å²) in [5.74, 6) is -1.14. The molecule has 2 rings (SSSR count). The first-order chi connectivity index (χ1) is 8.17. The number of nitrogens with zero attached hydrogens (tertiary/aromatic N) is 1. The molecule has 0 radical (unpaired) electrons. The SMILES string of the molecule is CC(N1C(=O)c2ccccc2S1(=O)=O)C(F)(F)F. The Morgan fingerprint density at radius 2 is 1.78 bits per heavy atom. The van der Waals surface area contributed by atoms with Crippen molar-refractivity contribution in [3.63, 3.8) is 0 Å². The Kier molecular flexibility index (Phi) is 2.65. The van der Waals surface area contributed by atoms with Crippen LogP contribution >= 0.6 is 0 Å². The standard InChI is InChI=1S/C10H8F3NO3S/c1-6(10(11,12)13)14-9(15)7-4-2-3-5-8(7)18(14,16)17/h2-6H,1H3. The molecule has 1 unspecified atom stereocenters. The number of amides is 1. The number of carbonyl (C=O) groups is 1. The van der Waals surface area contributed by atoms with Crippen LogP contribution in [-0.2, 0) is 10.0 Å². The first-order valence-corrected chi connectivity index (χ1v) is 6.36. The number of halogens is 3. The van der Waals surface area contributed by atoms with Gasteiger partial charge in [-0.1, -0.05) is 12.1 Å². The van der Waals surface area contributed by atoms with Gasteiger partial charge in [0.05, 0.1) is 5.56 Å². The van der Waals surface area contributed by atoms with Crippen molar-refractivity contribution in [2.75, 3.05) is 0 Å². The van der Waals surface area contributed by atoms with Crippen molar-refractivity contribution in [3.05, 3.63) is 29.8 Å². The van der Waals surface area contributed by atoms with E-state index < -0.39 is 28.1 Å². The van der Waals surface area contributed by atoms with Crippen molar-refractivity contribution in [1.82, 2.24) is 4.31 Å². The molecule has 0 N–H and O–H groups in total. The topological polar surface area (TPSA) is 54.5 Å². The van der Waals surface area contributed by atoms with Crippen LogP contribution in [-0.4, -0.2) is 30.8 Å². The van der Waals surface area contributed by atoms with Crippen molar-refractivity contribution in [2.24, 2.45) is 0 Å². The first kappa shape index (κ1) is 12.9. The van der Waals surface area contributed by atoms with Crippen LogP contribution in [0.4, 0.5) is 13.2 Å². The Morgan fingerprint density at radius 1 is 1.22 bits per heavy atom. The molecule has 1 heterocycles. The Hall–Kier alpha value is -1.57. The van der Waals surface area contributed by atoms with E-state index in [-0.39, 0.29) is 14.8 Å². The molecule has 0 fully saturated rings. The highest BCUT2D eigenvalue weighted by Crippen LogP contribution is 2.36. The Labute approximate surface area is 101 Å². The number of fused-ring (bicyclic) bond motifs is 1. The second kappa shape index (κ2) is 3.71. The molecule has 18 heavy (non-hydrogen) atoms. The van der Waals surface area contributed by atoms with E-state index in [9.17, 15) is 26.4 Å². The minimum Gasteiger partial charge on any atom is -0.268 e. The fourth-order valence-electron chi connectivity index (χ4n) is 1.72. The maximum absolute atomic E-state index is 12.6. The molecule has 0 spiro atoms. The van der Waals surface area contributed by atoms with Gasteiger partial charge < -0.3 is 0 Å². The molecule has 4 nitrogen and oxygen atoms in total. The van der Waals surface area contributed by atoms with E-state index in [2.05, 4.69) is 0 Å². The minimum atomic E-state index is -4.80. The highest BCUT2D eigenvalue weighted by molar-refractivity contribution is 7.90. The predicted octanol–water partition coefficient (Wildman–Crippen LogP) is 1.78. The lowest BCUT2D eigenvalue weighted by Crippen LogP contribution is -2.46. The number of carbonyl (C=O) groups excluding carboxylic acids is 1. The van der Waals surface area contributed by atoms with Crippen molar-refractivity contribution in [3.8, 4) is 0 Å². The largest absolute Gasteiger partial charge is 0.409 e. The predicted molar refractivity (Wildman–Crippen MR) is 55.3 cm³/mol. The van der Waals surface area contributed by atoms with Crippen molar-refractivity contribution in [1.29, 1.82) is 0 Å². The average molecular weight is 279 g/mol. The van der Waals surface area contributed by atoms with Gasteiger partial charge in [-0.05, 0) is 19.1 Å². The monoisotopic (exact) mass is 279 g/mol. The zero-order chi connectivity index (χ0) is 13.7. The van der Waals surface area contributed by atoms with Gasteiger partial charge in [-0.3, -0.25) is 4.79 Å². The number of benzene rings is 1. The minimum absolute atomic E-state index is 0.113. The maximum atomic E-state index is 12.6. The van der Waals surface area contributed by atoms with Crippen molar-refractivity contribution in [2.45, 2.75) is 24.0 Å². The number of alkyl halides is 3. The van der Waals surface area contributed by atoms with Crippen LogP contribution in [0.5, 0.6) is 0 Å². The van der Waals surface area contributed by atoms with E-state index in [1.807, 2.05) is 0 Å². The van der Waals surface area contributed by atoms with Gasteiger partial charge in [0.15, 0.2) is 0 Å². The molecule has 1 aromatic rings. The number of hydrogen-bond donors (Lipinski definition) is 0. The molecule has 1 aromatic carbocycles. The van der Waals surface area contributed by atoms with E-state index in [0.29, 0.717) is 6.92 Å². The fourth-order valence-corrected chi connectivity index (χ4v) is 3.47. The number of hydrogen-bond acceptors (Lipinski definition) is 3. The summed E-state index contributed by atoms with van der Waals surface area (Å²) in [7, 11) is -4.41. The van der Waals surface area contributed by atoms with Crippen molar-refractivity contribution >= 4 is 15.9 Å². The summed E-state index contributed by atoms with van der Waals surface area (Å²) < 4.78 is 61.4. The molecule has 0 bridgehead atoms. The molecule has 0 aromatic heterocycles. The van der Waals surface area contributed by atoms with E-state index in [1.165, 1.54) is 18.2 Å². The van der Waals surface area contributed by atoms with Gasteiger partial charge in [-0.25, -0.2) is 12.7 Å². The van der Waals surface area contributed by atoms with Crippen LogP contribution in [0.3, 0.4) is 0 Å². The Balaban J connectivity index is 2.59. The summed E-state index contributed by atoms with van der Waals surface area (Å²) in [6.45, 7) is 0.640. The second-order valence-corrected chi connectivity index (χ2v) is 5.60. The summed E-state index contributed by atoms with van der Waals surface area (Å²) in [6.07, 6.45) is -4.80.